The van der Waals surface area contributed by atoms with Crippen LogP contribution in [0.5, 0.6) is 0 Å². The van der Waals surface area contributed by atoms with Crippen molar-refractivity contribution in [3.8, 4) is 11.5 Å². The minimum Gasteiger partial charge on any atom is -0.436 e. The molecule has 4 aromatic rings. The van der Waals surface area contributed by atoms with Gasteiger partial charge in [0.15, 0.2) is 5.58 Å². The molecule has 172 valence electrons. The highest BCUT2D eigenvalue weighted by atomic mass is 16.6. The van der Waals surface area contributed by atoms with E-state index in [2.05, 4.69) is 10.3 Å². The Kier molecular flexibility index (Phi) is 5.49. The molecular formula is C26H24N4O4. The lowest BCUT2D eigenvalue weighted by Gasteiger charge is -2.18. The number of nitrogens with one attached hydrogen (secondary N) is 1. The molecule has 1 saturated heterocycles. The van der Waals surface area contributed by atoms with E-state index in [0.29, 0.717) is 22.8 Å². The van der Waals surface area contributed by atoms with Crippen molar-refractivity contribution in [2.45, 2.75) is 26.7 Å². The highest BCUT2D eigenvalue weighted by Crippen LogP contribution is 2.33. The molecule has 0 radical (unpaired) electrons. The molecule has 1 aromatic heterocycles. The van der Waals surface area contributed by atoms with Crippen molar-refractivity contribution >= 4 is 34.1 Å². The number of hydrogen-bond donors (Lipinski definition) is 1. The van der Waals surface area contributed by atoms with Crippen LogP contribution in [-0.4, -0.2) is 28.9 Å². The molecule has 2 heterocycles. The van der Waals surface area contributed by atoms with E-state index in [4.69, 9.17) is 4.42 Å². The zero-order valence-corrected chi connectivity index (χ0v) is 19.0. The summed E-state index contributed by atoms with van der Waals surface area (Å²) < 4.78 is 5.89. The third kappa shape index (κ3) is 4.10. The number of nitrogens with zero attached hydrogens (tertiary/aromatic N) is 3. The van der Waals surface area contributed by atoms with Gasteiger partial charge in [0, 0.05) is 36.0 Å². The van der Waals surface area contributed by atoms with E-state index in [1.54, 1.807) is 18.2 Å². The molecule has 1 N–H and O–H groups in total. The van der Waals surface area contributed by atoms with Crippen molar-refractivity contribution in [2.75, 3.05) is 23.3 Å². The lowest BCUT2D eigenvalue weighted by molar-refractivity contribution is -0.384. The summed E-state index contributed by atoms with van der Waals surface area (Å²) in [5.74, 6) is 0.0474. The van der Waals surface area contributed by atoms with E-state index < -0.39 is 10.8 Å². The summed E-state index contributed by atoms with van der Waals surface area (Å²) in [5.41, 5.74) is 5.46. The lowest BCUT2D eigenvalue weighted by Crippen LogP contribution is -2.20. The minimum absolute atomic E-state index is 0.0539. The second kappa shape index (κ2) is 8.62. The van der Waals surface area contributed by atoms with Gasteiger partial charge in [-0.25, -0.2) is 4.98 Å². The molecule has 1 amide bonds. The Morgan fingerprint density at radius 2 is 1.85 bits per heavy atom. The number of aromatic nitrogens is 1. The highest BCUT2D eigenvalue weighted by Gasteiger charge is 2.24. The van der Waals surface area contributed by atoms with Crippen LogP contribution in [0.1, 0.15) is 34.3 Å². The molecule has 0 spiro atoms. The van der Waals surface area contributed by atoms with E-state index in [9.17, 15) is 14.9 Å². The fraction of sp³-hybridized carbons (Fsp3) is 0.231. The van der Waals surface area contributed by atoms with Crippen LogP contribution in [0.15, 0.2) is 59.0 Å². The number of benzene rings is 3. The van der Waals surface area contributed by atoms with Gasteiger partial charge < -0.3 is 14.6 Å². The molecule has 8 heteroatoms. The van der Waals surface area contributed by atoms with E-state index >= 15 is 0 Å². The van der Waals surface area contributed by atoms with Gasteiger partial charge in [-0.05, 0) is 74.2 Å². The Hall–Kier alpha value is -4.20. The fourth-order valence-electron chi connectivity index (χ4n) is 4.28. The van der Waals surface area contributed by atoms with E-state index in [1.807, 2.05) is 49.1 Å². The van der Waals surface area contributed by atoms with Gasteiger partial charge in [0.2, 0.25) is 5.89 Å². The number of fused-ring (bicyclic) bond motifs is 1. The first-order valence-electron chi connectivity index (χ1n) is 11.2. The van der Waals surface area contributed by atoms with Crippen LogP contribution in [0.4, 0.5) is 17.1 Å². The number of nitro benzene ring substituents is 1. The minimum atomic E-state index is -0.425. The highest BCUT2D eigenvalue weighted by molar-refractivity contribution is 6.05. The number of rotatable bonds is 5. The van der Waals surface area contributed by atoms with E-state index in [1.165, 1.54) is 6.07 Å². The number of carbonyl (C=O) groups excluding carboxylic acids is 1. The Labute approximate surface area is 196 Å². The Balaban J connectivity index is 1.43. The third-order valence-corrected chi connectivity index (χ3v) is 6.16. The second-order valence-corrected chi connectivity index (χ2v) is 8.63. The number of oxazole rings is 1. The molecule has 0 atom stereocenters. The Morgan fingerprint density at radius 1 is 1.06 bits per heavy atom. The summed E-state index contributed by atoms with van der Waals surface area (Å²) in [6.45, 7) is 5.45. The molecule has 0 saturated carbocycles. The predicted molar refractivity (Wildman–Crippen MR) is 131 cm³/mol. The van der Waals surface area contributed by atoms with Gasteiger partial charge in [0.1, 0.15) is 11.2 Å². The smallest absolute Gasteiger partial charge is 0.293 e. The first kappa shape index (κ1) is 21.6. The van der Waals surface area contributed by atoms with Gasteiger partial charge in [0.05, 0.1) is 4.92 Å². The lowest BCUT2D eigenvalue weighted by atomic mass is 10.1. The van der Waals surface area contributed by atoms with Gasteiger partial charge in [-0.2, -0.15) is 0 Å². The molecule has 34 heavy (non-hydrogen) atoms. The van der Waals surface area contributed by atoms with Crippen molar-refractivity contribution in [1.29, 1.82) is 0 Å². The molecular weight excluding hydrogens is 432 g/mol. The third-order valence-electron chi connectivity index (χ3n) is 6.16. The fourth-order valence-corrected chi connectivity index (χ4v) is 4.28. The average Bonchev–Trinajstić information content (AvgIpc) is 3.50. The van der Waals surface area contributed by atoms with Gasteiger partial charge in [-0.15, -0.1) is 0 Å². The van der Waals surface area contributed by atoms with Crippen molar-refractivity contribution in [2.24, 2.45) is 0 Å². The zero-order chi connectivity index (χ0) is 23.8. The first-order valence-corrected chi connectivity index (χ1v) is 11.2. The second-order valence-electron chi connectivity index (χ2n) is 8.63. The molecule has 5 rings (SSSR count). The standard InChI is InChI=1S/C26H24N4O4/c1-16-5-10-24-21(13-16)28-26(34-24)19-7-6-17(2)20(14-19)27-25(31)18-8-9-22(23(15-18)30(32)33)29-11-3-4-12-29/h5-10,13-15H,3-4,11-12H2,1-2H3,(H,27,31). The first-order chi connectivity index (χ1) is 16.4. The number of amides is 1. The summed E-state index contributed by atoms with van der Waals surface area (Å²) in [7, 11) is 0. The molecule has 8 nitrogen and oxygen atoms in total. The van der Waals surface area contributed by atoms with Crippen LogP contribution in [0, 0.1) is 24.0 Å². The maximum Gasteiger partial charge on any atom is 0.293 e. The Morgan fingerprint density at radius 3 is 2.62 bits per heavy atom. The summed E-state index contributed by atoms with van der Waals surface area (Å²) in [4.78, 5) is 30.8. The predicted octanol–water partition coefficient (Wildman–Crippen LogP) is 5.87. The number of hydrogen-bond acceptors (Lipinski definition) is 6. The molecule has 0 unspecified atom stereocenters. The van der Waals surface area contributed by atoms with Crippen LogP contribution in [-0.2, 0) is 0 Å². The summed E-state index contributed by atoms with van der Waals surface area (Å²) in [5, 5.41) is 14.6. The monoisotopic (exact) mass is 456 g/mol. The van der Waals surface area contributed by atoms with E-state index in [-0.39, 0.29) is 11.3 Å². The average molecular weight is 457 g/mol. The van der Waals surface area contributed by atoms with Gasteiger partial charge in [0.25, 0.3) is 11.6 Å². The number of aryl methyl sites for hydroxylation is 2. The molecule has 0 bridgehead atoms. The van der Waals surface area contributed by atoms with Crippen molar-refractivity contribution < 1.29 is 14.1 Å². The molecule has 1 aliphatic heterocycles. The van der Waals surface area contributed by atoms with Gasteiger partial charge >= 0.3 is 0 Å². The maximum absolute atomic E-state index is 13.0. The summed E-state index contributed by atoms with van der Waals surface area (Å²) >= 11 is 0. The normalized spacial score (nSPS) is 13.4. The van der Waals surface area contributed by atoms with Crippen molar-refractivity contribution in [3.05, 3.63) is 81.4 Å². The molecule has 3 aromatic carbocycles. The van der Waals surface area contributed by atoms with E-state index in [0.717, 1.165) is 48.1 Å². The van der Waals surface area contributed by atoms with Gasteiger partial charge in [-0.3, -0.25) is 14.9 Å². The summed E-state index contributed by atoms with van der Waals surface area (Å²) in [6, 6.07) is 16.0. The topological polar surface area (TPSA) is 102 Å². The van der Waals surface area contributed by atoms with Crippen LogP contribution in [0.25, 0.3) is 22.6 Å². The van der Waals surface area contributed by atoms with Crippen LogP contribution >= 0.6 is 0 Å². The number of anilines is 2. The Bertz CT molecular complexity index is 1420. The number of nitro groups is 1. The van der Waals surface area contributed by atoms with Crippen LogP contribution in [0.2, 0.25) is 0 Å². The molecule has 1 aliphatic rings. The van der Waals surface area contributed by atoms with Crippen molar-refractivity contribution in [3.63, 3.8) is 0 Å². The quantitative estimate of drug-likeness (QED) is 0.298. The largest absolute Gasteiger partial charge is 0.436 e. The molecule has 0 aliphatic carbocycles. The zero-order valence-electron chi connectivity index (χ0n) is 19.0. The SMILES string of the molecule is Cc1ccc2oc(-c3ccc(C)c(NC(=O)c4ccc(N5CCCC5)c([N+](=O)[O-])c4)c3)nc2c1. The van der Waals surface area contributed by atoms with Crippen molar-refractivity contribution in [1.82, 2.24) is 4.98 Å². The number of carbonyl (C=O) groups is 1. The maximum atomic E-state index is 13.0. The van der Waals surface area contributed by atoms with Crippen LogP contribution < -0.4 is 10.2 Å². The molecule has 1 fully saturated rings. The van der Waals surface area contributed by atoms with Gasteiger partial charge in [-0.1, -0.05) is 12.1 Å². The van der Waals surface area contributed by atoms with Crippen LogP contribution in [0.3, 0.4) is 0 Å². The summed E-state index contributed by atoms with van der Waals surface area (Å²) in [6.07, 6.45) is 2.02.